The summed E-state index contributed by atoms with van der Waals surface area (Å²) < 4.78 is 30.2. The van der Waals surface area contributed by atoms with Crippen molar-refractivity contribution in [1.29, 1.82) is 0 Å². The van der Waals surface area contributed by atoms with Gasteiger partial charge in [-0.25, -0.2) is 0 Å². The van der Waals surface area contributed by atoms with Crippen LogP contribution in [-0.2, 0) is 24.2 Å². The zero-order chi connectivity index (χ0) is 10.4. The van der Waals surface area contributed by atoms with E-state index >= 15 is 0 Å². The first-order valence-corrected chi connectivity index (χ1v) is 4.16. The molecule has 0 bridgehead atoms. The fraction of sp³-hybridized carbons (Fsp3) is 0.600. The van der Waals surface area contributed by atoms with E-state index in [1.165, 1.54) is 13.8 Å². The van der Waals surface area contributed by atoms with Crippen molar-refractivity contribution in [3.8, 4) is 0 Å². The summed E-state index contributed by atoms with van der Waals surface area (Å²) in [6.45, 7) is 3.92. The van der Waals surface area contributed by atoms with Crippen LogP contribution in [0.5, 0.6) is 0 Å². The van der Waals surface area contributed by atoms with Crippen molar-refractivity contribution >= 4 is 48.0 Å². The summed E-state index contributed by atoms with van der Waals surface area (Å²) in [5.41, 5.74) is 0. The third-order valence-corrected chi connectivity index (χ3v) is 0.668. The molecule has 0 fully saturated rings. The van der Waals surface area contributed by atoms with Gasteiger partial charge in [0.05, 0.1) is 0 Å². The molecule has 13 heavy (non-hydrogen) atoms. The van der Waals surface area contributed by atoms with Crippen LogP contribution in [0.25, 0.3) is 0 Å². The Morgan fingerprint density at radius 3 is 1.38 bits per heavy atom. The molecule has 1 N–H and O–H groups in total. The second kappa shape index (κ2) is 8.52. The van der Waals surface area contributed by atoms with E-state index in [2.05, 4.69) is 4.18 Å². The zero-order valence-electron chi connectivity index (χ0n) is 6.90. The first-order valence-electron chi connectivity index (χ1n) is 2.79. The number of Topliss-reactive ketones (excluding diaryl/α,β-unsaturated/α-hetero) is 1. The summed E-state index contributed by atoms with van der Waals surface area (Å²) in [5, 5.41) is 0. The maximum atomic E-state index is 9.70. The molecule has 78 valence electrons. The van der Waals surface area contributed by atoms with Gasteiger partial charge in [-0.15, -0.1) is 0 Å². The normalized spacial score (nSPS) is 8.62. The second-order valence-electron chi connectivity index (χ2n) is 1.91. The number of hydrogen-bond acceptors (Lipinski definition) is 5. The van der Waals surface area contributed by atoms with Gasteiger partial charge < -0.3 is 8.98 Å². The molecule has 0 spiro atoms. The Labute approximate surface area is 95.4 Å². The van der Waals surface area contributed by atoms with E-state index in [4.69, 9.17) is 4.55 Å². The molecule has 0 saturated heterocycles. The molecule has 0 saturated carbocycles. The Hall–Kier alpha value is -0.0799. The van der Waals surface area contributed by atoms with E-state index in [-0.39, 0.29) is 31.6 Å². The van der Waals surface area contributed by atoms with Gasteiger partial charge in [-0.1, -0.05) is 0 Å². The van der Waals surface area contributed by atoms with Crippen LogP contribution in [0.2, 0.25) is 0 Å². The molecule has 0 aliphatic rings. The minimum absolute atomic E-state index is 0. The summed E-state index contributed by atoms with van der Waals surface area (Å²) in [5.74, 6) is -0.896. The van der Waals surface area contributed by atoms with Crippen LogP contribution in [0.4, 0.5) is 0 Å². The quantitative estimate of drug-likeness (QED) is 0.608. The number of rotatable bonds is 1. The van der Waals surface area contributed by atoms with Gasteiger partial charge in [-0.05, 0) is 13.8 Å². The third-order valence-electron chi connectivity index (χ3n) is 0.223. The summed E-state index contributed by atoms with van der Waals surface area (Å²) in [4.78, 5) is 19.1. The predicted molar refractivity (Wildman–Crippen MR) is 49.6 cm³/mol. The Bertz CT molecular complexity index is 252. The van der Waals surface area contributed by atoms with Crippen LogP contribution in [0, 0.1) is 0 Å². The van der Waals surface area contributed by atoms with E-state index < -0.39 is 16.4 Å². The molecular weight excluding hydrogens is 303 g/mol. The first kappa shape index (κ1) is 18.7. The van der Waals surface area contributed by atoms with Gasteiger partial charge in [-0.3, -0.25) is 9.35 Å². The molecule has 6 nitrogen and oxygen atoms in total. The van der Waals surface area contributed by atoms with Crippen molar-refractivity contribution < 1.29 is 26.7 Å². The standard InChI is InChI=1S/C3H6O.C2H4O5S.In.3H/c1-3(2)4;1-2(3)7-8(4,5)6;;;;/h1-2H3;1H3,(H,4,5,6);;;;. The fourth-order valence-electron chi connectivity index (χ4n) is 0.148. The van der Waals surface area contributed by atoms with Gasteiger partial charge in [0.2, 0.25) is 0 Å². The van der Waals surface area contributed by atoms with Crippen LogP contribution in [0.15, 0.2) is 0 Å². The predicted octanol–water partition coefficient (Wildman–Crippen LogP) is -1.24. The number of hydrogen-bond donors (Lipinski definition) is 1. The van der Waals surface area contributed by atoms with Gasteiger partial charge in [0, 0.05) is 6.92 Å². The molecule has 0 amide bonds. The van der Waals surface area contributed by atoms with Crippen molar-refractivity contribution in [2.45, 2.75) is 20.8 Å². The zero-order valence-corrected chi connectivity index (χ0v) is 7.71. The van der Waals surface area contributed by atoms with Crippen molar-refractivity contribution in [3.63, 3.8) is 0 Å². The van der Waals surface area contributed by atoms with Crippen LogP contribution in [-0.4, -0.2) is 50.6 Å². The van der Waals surface area contributed by atoms with Gasteiger partial charge in [0.1, 0.15) is 5.78 Å². The Morgan fingerprint density at radius 1 is 1.15 bits per heavy atom. The van der Waals surface area contributed by atoms with Crippen LogP contribution < -0.4 is 0 Å². The fourth-order valence-corrected chi connectivity index (χ4v) is 0.445. The number of carbonyl (C=O) groups is 2. The molecule has 0 aliphatic heterocycles. The third kappa shape index (κ3) is 48.5. The Morgan fingerprint density at radius 2 is 1.38 bits per heavy atom. The average Bonchev–Trinajstić information content (AvgIpc) is 1.52. The summed E-state index contributed by atoms with van der Waals surface area (Å²) in [6, 6.07) is 0. The van der Waals surface area contributed by atoms with Gasteiger partial charge in [0.15, 0.2) is 0 Å². The van der Waals surface area contributed by atoms with Crippen molar-refractivity contribution in [2.75, 3.05) is 0 Å². The molecule has 0 atom stereocenters. The number of carbonyl (C=O) groups excluding carboxylic acids is 2. The van der Waals surface area contributed by atoms with Crippen LogP contribution in [0.1, 0.15) is 20.8 Å². The van der Waals surface area contributed by atoms with Crippen molar-refractivity contribution in [1.82, 2.24) is 0 Å². The summed E-state index contributed by atoms with van der Waals surface area (Å²) in [7, 11) is -4.57. The second-order valence-corrected chi connectivity index (χ2v) is 2.93. The SMILES string of the molecule is CC(=O)OS(=O)(=O)O.CC(C)=O.[InH3]. The van der Waals surface area contributed by atoms with Crippen LogP contribution >= 0.6 is 0 Å². The summed E-state index contributed by atoms with van der Waals surface area (Å²) in [6.07, 6.45) is 0. The van der Waals surface area contributed by atoms with E-state index in [9.17, 15) is 18.0 Å². The molecular formula is C5H13InO6S. The molecule has 0 rings (SSSR count). The molecule has 0 aromatic carbocycles. The van der Waals surface area contributed by atoms with Gasteiger partial charge >= 0.3 is 42.2 Å². The van der Waals surface area contributed by atoms with E-state index in [0.717, 1.165) is 6.92 Å². The minimum atomic E-state index is -4.57. The molecule has 0 aliphatic carbocycles. The van der Waals surface area contributed by atoms with Gasteiger partial charge in [-0.2, -0.15) is 8.42 Å². The van der Waals surface area contributed by atoms with Crippen molar-refractivity contribution in [3.05, 3.63) is 0 Å². The topological polar surface area (TPSA) is 97.7 Å². The Kier molecular flexibility index (Phi) is 12.2. The van der Waals surface area contributed by atoms with E-state index in [1.807, 2.05) is 0 Å². The molecule has 0 radical (unpaired) electrons. The Balaban J connectivity index is -0.000000173. The van der Waals surface area contributed by atoms with Crippen LogP contribution in [0.3, 0.4) is 0 Å². The molecule has 0 aromatic rings. The number of ketones is 1. The summed E-state index contributed by atoms with van der Waals surface area (Å²) >= 11 is 0. The maximum absolute atomic E-state index is 9.70. The monoisotopic (exact) mass is 316 g/mol. The molecule has 8 heteroatoms. The first-order chi connectivity index (χ1) is 5.15. The molecule has 0 aromatic heterocycles. The van der Waals surface area contributed by atoms with E-state index in [1.54, 1.807) is 0 Å². The van der Waals surface area contributed by atoms with Crippen molar-refractivity contribution in [2.24, 2.45) is 0 Å². The molecule has 0 unspecified atom stereocenters. The average molecular weight is 316 g/mol. The van der Waals surface area contributed by atoms with E-state index in [0.29, 0.717) is 0 Å². The van der Waals surface area contributed by atoms with Gasteiger partial charge in [0.25, 0.3) is 0 Å². The molecule has 0 heterocycles.